The second-order valence-corrected chi connectivity index (χ2v) is 3.53. The number of β-amino-alcohol motifs (C(OH)–C–C–N with tert-alkyl or cyclic N) is 1. The molecule has 0 saturated carbocycles. The molecule has 80 valence electrons. The molecule has 1 amide bonds. The van der Waals surface area contributed by atoms with Gasteiger partial charge in [0, 0.05) is 0 Å². The molecule has 1 fully saturated rings. The van der Waals surface area contributed by atoms with Crippen molar-refractivity contribution in [1.82, 2.24) is 9.88 Å². The van der Waals surface area contributed by atoms with Crippen molar-refractivity contribution < 1.29 is 19.4 Å². The van der Waals surface area contributed by atoms with Crippen molar-refractivity contribution in [2.75, 3.05) is 13.1 Å². The lowest BCUT2D eigenvalue weighted by molar-refractivity contribution is -0.0927. The van der Waals surface area contributed by atoms with E-state index in [9.17, 15) is 14.3 Å². The van der Waals surface area contributed by atoms with E-state index in [0.717, 1.165) is 11.1 Å². The molecule has 1 aliphatic heterocycles. The lowest BCUT2D eigenvalue weighted by Gasteiger charge is -2.44. The summed E-state index contributed by atoms with van der Waals surface area (Å²) in [5.41, 5.74) is -0.979. The van der Waals surface area contributed by atoms with Gasteiger partial charge in [-0.2, -0.15) is 0 Å². The van der Waals surface area contributed by atoms with Crippen LogP contribution in [0.15, 0.2) is 18.3 Å². The molecule has 5 nitrogen and oxygen atoms in total. The van der Waals surface area contributed by atoms with Gasteiger partial charge in [0.1, 0.15) is 11.4 Å². The zero-order chi connectivity index (χ0) is 11.1. The second kappa shape index (κ2) is 3.16. The summed E-state index contributed by atoms with van der Waals surface area (Å²) in [4.78, 5) is 15.3. The van der Waals surface area contributed by atoms with Crippen molar-refractivity contribution in [2.24, 2.45) is 0 Å². The van der Waals surface area contributed by atoms with Crippen LogP contribution < -0.4 is 0 Å². The number of nitrogens with zero attached hydrogens (tertiary/aromatic N) is 2. The Morgan fingerprint density at radius 1 is 1.53 bits per heavy atom. The molecule has 0 aromatic carbocycles. The number of hydrogen-bond acceptors (Lipinski definition) is 3. The summed E-state index contributed by atoms with van der Waals surface area (Å²) in [5, 5.41) is 18.5. The van der Waals surface area contributed by atoms with E-state index in [1.165, 1.54) is 12.1 Å². The van der Waals surface area contributed by atoms with Gasteiger partial charge in [0.25, 0.3) is 0 Å². The van der Waals surface area contributed by atoms with E-state index in [2.05, 4.69) is 4.98 Å². The molecule has 0 bridgehead atoms. The number of aliphatic hydroxyl groups is 1. The van der Waals surface area contributed by atoms with Gasteiger partial charge in [0.05, 0.1) is 25.0 Å². The van der Waals surface area contributed by atoms with Crippen LogP contribution in [0.25, 0.3) is 0 Å². The van der Waals surface area contributed by atoms with Crippen LogP contribution in [0.5, 0.6) is 0 Å². The molecule has 1 aromatic rings. The monoisotopic (exact) mass is 212 g/mol. The Hall–Kier alpha value is -1.69. The van der Waals surface area contributed by atoms with E-state index in [1.54, 1.807) is 0 Å². The first kappa shape index (κ1) is 9.85. The summed E-state index contributed by atoms with van der Waals surface area (Å²) < 4.78 is 12.6. The summed E-state index contributed by atoms with van der Waals surface area (Å²) in [6.07, 6.45) is -0.0849. The minimum Gasteiger partial charge on any atom is -0.465 e. The van der Waals surface area contributed by atoms with Crippen LogP contribution in [0.2, 0.25) is 0 Å². The van der Waals surface area contributed by atoms with Gasteiger partial charge in [-0.15, -0.1) is 0 Å². The summed E-state index contributed by atoms with van der Waals surface area (Å²) in [7, 11) is 0. The number of pyridine rings is 1. The minimum absolute atomic E-state index is 0.0268. The van der Waals surface area contributed by atoms with Crippen LogP contribution in [0.1, 0.15) is 5.69 Å². The molecule has 0 spiro atoms. The molecule has 0 unspecified atom stereocenters. The summed E-state index contributed by atoms with van der Waals surface area (Å²) >= 11 is 0. The first-order chi connectivity index (χ1) is 7.01. The van der Waals surface area contributed by atoms with Gasteiger partial charge in [0.15, 0.2) is 0 Å². The van der Waals surface area contributed by atoms with Gasteiger partial charge in [-0.1, -0.05) is 0 Å². The number of amides is 1. The Bertz CT molecular complexity index is 387. The van der Waals surface area contributed by atoms with Crippen LogP contribution in [0.3, 0.4) is 0 Å². The fourth-order valence-electron chi connectivity index (χ4n) is 1.53. The van der Waals surface area contributed by atoms with Crippen molar-refractivity contribution in [3.8, 4) is 0 Å². The molecule has 2 N–H and O–H groups in total. The van der Waals surface area contributed by atoms with Crippen molar-refractivity contribution in [2.45, 2.75) is 5.60 Å². The molecule has 1 aliphatic rings. The predicted molar refractivity (Wildman–Crippen MR) is 47.7 cm³/mol. The maximum atomic E-state index is 12.6. The fourth-order valence-corrected chi connectivity index (χ4v) is 1.53. The molecule has 0 radical (unpaired) electrons. The lowest BCUT2D eigenvalue weighted by atomic mass is 9.90. The average Bonchev–Trinajstić information content (AvgIpc) is 2.13. The highest BCUT2D eigenvalue weighted by molar-refractivity contribution is 5.66. The van der Waals surface area contributed by atoms with Crippen LogP contribution in [0, 0.1) is 5.82 Å². The molecule has 6 heteroatoms. The van der Waals surface area contributed by atoms with Crippen molar-refractivity contribution >= 4 is 6.09 Å². The summed E-state index contributed by atoms with van der Waals surface area (Å²) in [6, 6.07) is 2.54. The molecular weight excluding hydrogens is 203 g/mol. The van der Waals surface area contributed by atoms with Crippen LogP contribution >= 0.6 is 0 Å². The first-order valence-electron chi connectivity index (χ1n) is 4.33. The van der Waals surface area contributed by atoms with Crippen molar-refractivity contribution in [3.05, 3.63) is 29.8 Å². The smallest absolute Gasteiger partial charge is 0.407 e. The third-order valence-electron chi connectivity index (χ3n) is 2.38. The van der Waals surface area contributed by atoms with Crippen LogP contribution in [-0.4, -0.2) is 39.3 Å². The average molecular weight is 212 g/mol. The summed E-state index contributed by atoms with van der Waals surface area (Å²) in [6.45, 7) is -0.0536. The van der Waals surface area contributed by atoms with Crippen LogP contribution in [-0.2, 0) is 5.60 Å². The topological polar surface area (TPSA) is 73.7 Å². The number of carboxylic acid groups (broad SMARTS) is 1. The number of likely N-dealkylation sites (tertiary alicyclic amines) is 1. The molecule has 15 heavy (non-hydrogen) atoms. The molecule has 0 atom stereocenters. The molecular formula is C9H9FN2O3. The molecule has 0 aliphatic carbocycles. The van der Waals surface area contributed by atoms with Gasteiger partial charge in [0.2, 0.25) is 0 Å². The number of rotatable bonds is 1. The van der Waals surface area contributed by atoms with E-state index in [-0.39, 0.29) is 13.1 Å². The molecule has 1 aromatic heterocycles. The summed E-state index contributed by atoms with van der Waals surface area (Å²) in [5.74, 6) is -0.489. The predicted octanol–water partition coefficient (Wildman–Crippen LogP) is 0.402. The molecule has 2 rings (SSSR count). The lowest BCUT2D eigenvalue weighted by Crippen LogP contribution is -2.61. The van der Waals surface area contributed by atoms with Crippen molar-refractivity contribution in [3.63, 3.8) is 0 Å². The third-order valence-corrected chi connectivity index (χ3v) is 2.38. The van der Waals surface area contributed by atoms with E-state index >= 15 is 0 Å². The van der Waals surface area contributed by atoms with E-state index in [1.807, 2.05) is 0 Å². The zero-order valence-corrected chi connectivity index (χ0v) is 7.72. The normalized spacial score (nSPS) is 18.4. The largest absolute Gasteiger partial charge is 0.465 e. The fraction of sp³-hybridized carbons (Fsp3) is 0.333. The Morgan fingerprint density at radius 2 is 2.20 bits per heavy atom. The Kier molecular flexibility index (Phi) is 2.08. The standard InChI is InChI=1S/C9H9FN2O3/c10-6-1-2-7(11-3-6)9(15)4-12(5-9)8(13)14/h1-3,15H,4-5H2,(H,13,14). The number of aromatic nitrogens is 1. The third kappa shape index (κ3) is 1.63. The zero-order valence-electron chi connectivity index (χ0n) is 7.72. The highest BCUT2D eigenvalue weighted by Crippen LogP contribution is 2.30. The maximum Gasteiger partial charge on any atom is 0.407 e. The first-order valence-corrected chi connectivity index (χ1v) is 4.33. The van der Waals surface area contributed by atoms with Gasteiger partial charge in [-0.05, 0) is 12.1 Å². The number of hydrogen-bond donors (Lipinski definition) is 2. The molecule has 2 heterocycles. The van der Waals surface area contributed by atoms with E-state index < -0.39 is 17.5 Å². The quantitative estimate of drug-likeness (QED) is 0.706. The number of halogens is 1. The van der Waals surface area contributed by atoms with Crippen molar-refractivity contribution in [1.29, 1.82) is 0 Å². The van der Waals surface area contributed by atoms with Gasteiger partial charge in [-0.25, -0.2) is 9.18 Å². The van der Waals surface area contributed by atoms with E-state index in [4.69, 9.17) is 5.11 Å². The number of carbonyl (C=O) groups is 1. The maximum absolute atomic E-state index is 12.6. The SMILES string of the molecule is O=C(O)N1CC(O)(c2ccc(F)cn2)C1. The van der Waals surface area contributed by atoms with Gasteiger partial charge < -0.3 is 15.1 Å². The Morgan fingerprint density at radius 3 is 2.67 bits per heavy atom. The minimum atomic E-state index is -1.27. The van der Waals surface area contributed by atoms with Gasteiger partial charge >= 0.3 is 6.09 Å². The highest BCUT2D eigenvalue weighted by Gasteiger charge is 2.46. The molecule has 1 saturated heterocycles. The highest BCUT2D eigenvalue weighted by atomic mass is 19.1. The second-order valence-electron chi connectivity index (χ2n) is 3.53. The van der Waals surface area contributed by atoms with Gasteiger partial charge in [-0.3, -0.25) is 4.98 Å². The Balaban J connectivity index is 2.13. The Labute approximate surface area is 84.8 Å². The van der Waals surface area contributed by atoms with Crippen LogP contribution in [0.4, 0.5) is 9.18 Å². The van der Waals surface area contributed by atoms with E-state index in [0.29, 0.717) is 5.69 Å².